The van der Waals surface area contributed by atoms with Gasteiger partial charge < -0.3 is 15.2 Å². The van der Waals surface area contributed by atoms with Crippen LogP contribution in [-0.2, 0) is 11.3 Å². The molecule has 1 saturated carbocycles. The van der Waals surface area contributed by atoms with Gasteiger partial charge in [0.1, 0.15) is 5.75 Å². The van der Waals surface area contributed by atoms with Gasteiger partial charge in [-0.2, -0.15) is 5.10 Å². The van der Waals surface area contributed by atoms with Gasteiger partial charge >= 0.3 is 12.3 Å². The number of aromatic nitrogens is 2. The molecule has 7 nitrogen and oxygen atoms in total. The van der Waals surface area contributed by atoms with Gasteiger partial charge in [-0.1, -0.05) is 24.3 Å². The largest absolute Gasteiger partial charge is 0.573 e. The molecule has 0 radical (unpaired) electrons. The highest BCUT2D eigenvalue weighted by Crippen LogP contribution is 2.26. The van der Waals surface area contributed by atoms with Gasteiger partial charge in [0, 0.05) is 11.4 Å². The van der Waals surface area contributed by atoms with Crippen molar-refractivity contribution in [3.8, 4) is 5.75 Å². The van der Waals surface area contributed by atoms with Crippen molar-refractivity contribution in [2.24, 2.45) is 5.92 Å². The summed E-state index contributed by atoms with van der Waals surface area (Å²) in [6.07, 6.45) is -0.873. The van der Waals surface area contributed by atoms with Crippen LogP contribution in [0.25, 0.3) is 10.9 Å². The third-order valence-electron chi connectivity index (χ3n) is 5.81. The number of alkyl halides is 3. The number of nitrogens with zero attached hydrogens (tertiary/aromatic N) is 2. The number of rotatable bonds is 6. The number of amides is 1. The second kappa shape index (κ2) is 9.13. The van der Waals surface area contributed by atoms with Gasteiger partial charge in [-0.25, -0.2) is 0 Å². The van der Waals surface area contributed by atoms with Crippen LogP contribution in [-0.4, -0.2) is 39.2 Å². The Morgan fingerprint density at radius 2 is 1.79 bits per heavy atom. The lowest BCUT2D eigenvalue weighted by Gasteiger charge is -2.27. The first-order valence-electron chi connectivity index (χ1n) is 10.5. The number of carboxylic acids is 1. The van der Waals surface area contributed by atoms with Gasteiger partial charge in [-0.3, -0.25) is 14.3 Å². The molecule has 2 N–H and O–H groups in total. The van der Waals surface area contributed by atoms with E-state index in [1.807, 2.05) is 6.07 Å². The van der Waals surface area contributed by atoms with Crippen molar-refractivity contribution in [2.45, 2.75) is 44.6 Å². The number of halogens is 3. The molecule has 1 fully saturated rings. The van der Waals surface area contributed by atoms with Crippen molar-refractivity contribution in [2.75, 3.05) is 0 Å². The maximum Gasteiger partial charge on any atom is 0.573 e. The zero-order valence-corrected chi connectivity index (χ0v) is 17.5. The molecule has 1 aliphatic carbocycles. The molecule has 4 rings (SSSR count). The molecule has 33 heavy (non-hydrogen) atoms. The Bertz CT molecular complexity index is 1150. The number of nitrogens with one attached hydrogen (secondary N) is 1. The molecule has 1 heterocycles. The van der Waals surface area contributed by atoms with Crippen LogP contribution in [0.2, 0.25) is 0 Å². The molecular formula is C23H22F3N3O4. The number of aliphatic carboxylic acids is 1. The standard InChI is InChI=1S/C23H22F3N3O4/c24-23(25,26)33-18-10-4-14(5-11-18)13-29-20-16(12-27-29)2-1-3-19(20)21(30)28-17-8-6-15(7-9-17)22(31)32/h1-5,10-12,15,17H,6-9,13H2,(H,28,30)(H,31,32). The predicted octanol–water partition coefficient (Wildman–Crippen LogP) is 4.36. The molecule has 1 aliphatic rings. The maximum absolute atomic E-state index is 13.0. The number of ether oxygens (including phenoxy) is 1. The van der Waals surface area contributed by atoms with Gasteiger partial charge in [0.15, 0.2) is 0 Å². The molecule has 0 bridgehead atoms. The van der Waals surface area contributed by atoms with Gasteiger partial charge in [-0.15, -0.1) is 13.2 Å². The zero-order valence-electron chi connectivity index (χ0n) is 17.5. The quantitative estimate of drug-likeness (QED) is 0.569. The molecule has 0 spiro atoms. The Labute approximate surface area is 187 Å². The lowest BCUT2D eigenvalue weighted by atomic mass is 9.86. The van der Waals surface area contributed by atoms with E-state index in [1.54, 1.807) is 23.0 Å². The smallest absolute Gasteiger partial charge is 0.481 e. The van der Waals surface area contributed by atoms with E-state index in [-0.39, 0.29) is 30.2 Å². The number of benzene rings is 2. The van der Waals surface area contributed by atoms with Gasteiger partial charge in [0.2, 0.25) is 0 Å². The van der Waals surface area contributed by atoms with Crippen molar-refractivity contribution in [3.63, 3.8) is 0 Å². The molecule has 1 amide bonds. The summed E-state index contributed by atoms with van der Waals surface area (Å²) in [6.45, 7) is 0.254. The van der Waals surface area contributed by atoms with Crippen molar-refractivity contribution >= 4 is 22.8 Å². The number of carbonyl (C=O) groups is 2. The first-order valence-corrected chi connectivity index (χ1v) is 10.5. The third-order valence-corrected chi connectivity index (χ3v) is 5.81. The van der Waals surface area contributed by atoms with Crippen LogP contribution < -0.4 is 10.1 Å². The molecule has 3 aromatic rings. The zero-order chi connectivity index (χ0) is 23.6. The van der Waals surface area contributed by atoms with E-state index in [0.29, 0.717) is 42.3 Å². The van der Waals surface area contributed by atoms with Gasteiger partial charge in [0.05, 0.1) is 29.7 Å². The second-order valence-corrected chi connectivity index (χ2v) is 8.10. The van der Waals surface area contributed by atoms with Crippen molar-refractivity contribution in [1.82, 2.24) is 15.1 Å². The van der Waals surface area contributed by atoms with Crippen LogP contribution in [0.15, 0.2) is 48.7 Å². The molecule has 174 valence electrons. The number of fused-ring (bicyclic) bond motifs is 1. The SMILES string of the molecule is O=C(NC1CCC(C(=O)O)CC1)c1cccc2cnn(Cc3ccc(OC(F)(F)F)cc3)c12. The van der Waals surface area contributed by atoms with Crippen LogP contribution in [0, 0.1) is 5.92 Å². The van der Waals surface area contributed by atoms with E-state index in [1.165, 1.54) is 24.3 Å². The Morgan fingerprint density at radius 3 is 2.42 bits per heavy atom. The predicted molar refractivity (Wildman–Crippen MR) is 113 cm³/mol. The summed E-state index contributed by atoms with van der Waals surface area (Å²) in [5, 5.41) is 17.3. The molecule has 2 aromatic carbocycles. The molecule has 0 atom stereocenters. The normalized spacial score (nSPS) is 18.8. The highest BCUT2D eigenvalue weighted by atomic mass is 19.4. The van der Waals surface area contributed by atoms with E-state index >= 15 is 0 Å². The number of carboxylic acid groups (broad SMARTS) is 1. The first kappa shape index (κ1) is 22.6. The monoisotopic (exact) mass is 461 g/mol. The van der Waals surface area contributed by atoms with Crippen molar-refractivity contribution in [3.05, 3.63) is 59.8 Å². The minimum absolute atomic E-state index is 0.0964. The summed E-state index contributed by atoms with van der Waals surface area (Å²) in [5.41, 5.74) is 1.74. The summed E-state index contributed by atoms with van der Waals surface area (Å²) < 4.78 is 42.6. The minimum Gasteiger partial charge on any atom is -0.481 e. The highest BCUT2D eigenvalue weighted by Gasteiger charge is 2.31. The van der Waals surface area contributed by atoms with E-state index in [2.05, 4.69) is 15.2 Å². The third kappa shape index (κ3) is 5.44. The van der Waals surface area contributed by atoms with E-state index in [9.17, 15) is 22.8 Å². The second-order valence-electron chi connectivity index (χ2n) is 8.10. The Hall–Kier alpha value is -3.56. The summed E-state index contributed by atoms with van der Waals surface area (Å²) in [6, 6.07) is 10.7. The van der Waals surface area contributed by atoms with Crippen LogP contribution in [0.3, 0.4) is 0 Å². The maximum atomic E-state index is 13.0. The van der Waals surface area contributed by atoms with Crippen LogP contribution in [0.4, 0.5) is 13.2 Å². The Morgan fingerprint density at radius 1 is 1.09 bits per heavy atom. The fourth-order valence-corrected chi connectivity index (χ4v) is 4.16. The first-order chi connectivity index (χ1) is 15.7. The number of para-hydroxylation sites is 1. The minimum atomic E-state index is -4.76. The van der Waals surface area contributed by atoms with E-state index in [0.717, 1.165) is 5.39 Å². The number of hydrogen-bond donors (Lipinski definition) is 2. The number of hydrogen-bond acceptors (Lipinski definition) is 4. The lowest BCUT2D eigenvalue weighted by Crippen LogP contribution is -2.38. The summed E-state index contributed by atoms with van der Waals surface area (Å²) in [5.74, 6) is -1.74. The van der Waals surface area contributed by atoms with Crippen LogP contribution >= 0.6 is 0 Å². The summed E-state index contributed by atoms with van der Waals surface area (Å²) >= 11 is 0. The lowest BCUT2D eigenvalue weighted by molar-refractivity contribution is -0.274. The molecule has 1 aromatic heterocycles. The summed E-state index contributed by atoms with van der Waals surface area (Å²) in [4.78, 5) is 24.2. The molecule has 0 aliphatic heterocycles. The fourth-order valence-electron chi connectivity index (χ4n) is 4.16. The van der Waals surface area contributed by atoms with Crippen LogP contribution in [0.1, 0.15) is 41.6 Å². The van der Waals surface area contributed by atoms with Gasteiger partial charge in [0.25, 0.3) is 5.91 Å². The summed E-state index contributed by atoms with van der Waals surface area (Å²) in [7, 11) is 0. The van der Waals surface area contributed by atoms with E-state index in [4.69, 9.17) is 5.11 Å². The topological polar surface area (TPSA) is 93.5 Å². The Kier molecular flexibility index (Phi) is 6.26. The average molecular weight is 461 g/mol. The molecule has 10 heteroatoms. The average Bonchev–Trinajstić information content (AvgIpc) is 3.17. The molecular weight excluding hydrogens is 439 g/mol. The Balaban J connectivity index is 1.50. The fraction of sp³-hybridized carbons (Fsp3) is 0.348. The van der Waals surface area contributed by atoms with Crippen molar-refractivity contribution < 1.29 is 32.6 Å². The van der Waals surface area contributed by atoms with Gasteiger partial charge in [-0.05, 0) is 49.4 Å². The van der Waals surface area contributed by atoms with Crippen LogP contribution in [0.5, 0.6) is 5.75 Å². The molecule has 0 unspecified atom stereocenters. The van der Waals surface area contributed by atoms with Crippen molar-refractivity contribution in [1.29, 1.82) is 0 Å². The molecule has 0 saturated heterocycles. The number of carbonyl (C=O) groups excluding carboxylic acids is 1. The highest BCUT2D eigenvalue weighted by molar-refractivity contribution is 6.05. The van der Waals surface area contributed by atoms with E-state index < -0.39 is 12.3 Å².